The molecule has 1 heterocycles. The number of hydrogen-bond donors (Lipinski definition) is 2. The van der Waals surface area contributed by atoms with E-state index in [4.69, 9.17) is 5.11 Å². The molecule has 1 atom stereocenters. The minimum atomic E-state index is -3.12. The van der Waals surface area contributed by atoms with E-state index in [1.807, 2.05) is 0 Å². The van der Waals surface area contributed by atoms with Crippen LogP contribution in [0.15, 0.2) is 24.3 Å². The second kappa shape index (κ2) is 5.62. The van der Waals surface area contributed by atoms with E-state index in [2.05, 4.69) is 5.32 Å². The molecule has 1 aliphatic heterocycles. The summed E-state index contributed by atoms with van der Waals surface area (Å²) in [6.07, 6.45) is 1.09. The number of benzene rings is 1. The maximum atomic E-state index is 12.1. The summed E-state index contributed by atoms with van der Waals surface area (Å²) in [5, 5.41) is 11.6. The Morgan fingerprint density at radius 1 is 1.20 bits per heavy atom. The molecule has 0 saturated carbocycles. The Kier molecular flexibility index (Phi) is 4.08. The topological polar surface area (TPSA) is 101 Å². The van der Waals surface area contributed by atoms with E-state index in [1.54, 1.807) is 6.07 Å². The molecule has 1 fully saturated rings. The highest BCUT2D eigenvalue weighted by Crippen LogP contribution is 2.14. The molecule has 7 heteroatoms. The highest BCUT2D eigenvalue weighted by Gasteiger charge is 2.27. The molecule has 0 aromatic heterocycles. The molecule has 108 valence electrons. The van der Waals surface area contributed by atoms with E-state index in [-0.39, 0.29) is 22.6 Å². The number of carboxylic acids is 1. The minimum absolute atomic E-state index is 0.0444. The molecule has 1 unspecified atom stereocenters. The third-order valence-electron chi connectivity index (χ3n) is 3.20. The first-order valence-corrected chi connectivity index (χ1v) is 8.05. The van der Waals surface area contributed by atoms with Crippen LogP contribution in [0.1, 0.15) is 33.6 Å². The standard InChI is InChI=1S/C13H15NO5S/c15-12(10-5-1-2-6-11(10)13(16)17)14-9-4-3-7-20(18,19)8-9/h1-2,5-6,9H,3-4,7-8H2,(H,14,15)(H,16,17). The molecular weight excluding hydrogens is 282 g/mol. The number of nitrogens with one attached hydrogen (secondary N) is 1. The van der Waals surface area contributed by atoms with E-state index in [1.165, 1.54) is 18.2 Å². The number of carbonyl (C=O) groups excluding carboxylic acids is 1. The summed E-state index contributed by atoms with van der Waals surface area (Å²) in [6.45, 7) is 0. The van der Waals surface area contributed by atoms with Gasteiger partial charge in [0.25, 0.3) is 5.91 Å². The van der Waals surface area contributed by atoms with Gasteiger partial charge in [-0.05, 0) is 25.0 Å². The van der Waals surface area contributed by atoms with Gasteiger partial charge in [0.1, 0.15) is 0 Å². The van der Waals surface area contributed by atoms with Gasteiger partial charge >= 0.3 is 5.97 Å². The fourth-order valence-corrected chi connectivity index (χ4v) is 3.90. The summed E-state index contributed by atoms with van der Waals surface area (Å²) in [7, 11) is -3.12. The van der Waals surface area contributed by atoms with Crippen molar-refractivity contribution in [2.75, 3.05) is 11.5 Å². The van der Waals surface area contributed by atoms with Gasteiger partial charge in [0.15, 0.2) is 9.84 Å². The number of aromatic carboxylic acids is 1. The van der Waals surface area contributed by atoms with Crippen LogP contribution in [0.4, 0.5) is 0 Å². The Labute approximate surface area is 116 Å². The summed E-state index contributed by atoms with van der Waals surface area (Å²) >= 11 is 0. The van der Waals surface area contributed by atoms with Crippen LogP contribution in [0, 0.1) is 0 Å². The molecule has 0 bridgehead atoms. The molecule has 20 heavy (non-hydrogen) atoms. The van der Waals surface area contributed by atoms with E-state index in [0.29, 0.717) is 12.8 Å². The largest absolute Gasteiger partial charge is 0.478 e. The van der Waals surface area contributed by atoms with Crippen LogP contribution in [-0.2, 0) is 9.84 Å². The second-order valence-corrected chi connectivity index (χ2v) is 7.01. The number of carbonyl (C=O) groups is 2. The summed E-state index contributed by atoms with van der Waals surface area (Å²) in [4.78, 5) is 23.1. The van der Waals surface area contributed by atoms with Crippen molar-refractivity contribution in [2.24, 2.45) is 0 Å². The van der Waals surface area contributed by atoms with E-state index >= 15 is 0 Å². The second-order valence-electron chi connectivity index (χ2n) is 4.78. The quantitative estimate of drug-likeness (QED) is 0.855. The van der Waals surface area contributed by atoms with Crippen molar-refractivity contribution in [1.29, 1.82) is 0 Å². The molecule has 1 saturated heterocycles. The fraction of sp³-hybridized carbons (Fsp3) is 0.385. The van der Waals surface area contributed by atoms with Crippen molar-refractivity contribution in [1.82, 2.24) is 5.32 Å². The van der Waals surface area contributed by atoms with Crippen LogP contribution in [0.5, 0.6) is 0 Å². The normalized spacial score (nSPS) is 21.1. The zero-order valence-electron chi connectivity index (χ0n) is 10.7. The van der Waals surface area contributed by atoms with E-state index < -0.39 is 27.8 Å². The van der Waals surface area contributed by atoms with Crippen LogP contribution >= 0.6 is 0 Å². The smallest absolute Gasteiger partial charge is 0.336 e. The molecule has 1 aromatic rings. The molecule has 1 aliphatic rings. The Morgan fingerprint density at radius 2 is 1.85 bits per heavy atom. The molecule has 1 aromatic carbocycles. The summed E-state index contributed by atoms with van der Waals surface area (Å²) < 4.78 is 23.0. The fourth-order valence-electron chi connectivity index (χ4n) is 2.27. The summed E-state index contributed by atoms with van der Waals surface area (Å²) in [5.74, 6) is -1.68. The molecule has 0 spiro atoms. The molecule has 6 nitrogen and oxygen atoms in total. The number of sulfone groups is 1. The Hall–Kier alpha value is -1.89. The van der Waals surface area contributed by atoms with Gasteiger partial charge in [-0.1, -0.05) is 12.1 Å². The molecule has 0 radical (unpaired) electrons. The molecule has 2 rings (SSSR count). The summed E-state index contributed by atoms with van der Waals surface area (Å²) in [6, 6.07) is 5.40. The van der Waals surface area contributed by atoms with Crippen molar-refractivity contribution in [2.45, 2.75) is 18.9 Å². The first-order chi connectivity index (χ1) is 9.39. The maximum Gasteiger partial charge on any atom is 0.336 e. The van der Waals surface area contributed by atoms with Gasteiger partial charge in [-0.2, -0.15) is 0 Å². The Bertz CT molecular complexity index is 638. The van der Waals surface area contributed by atoms with Gasteiger partial charge in [0.2, 0.25) is 0 Å². The van der Waals surface area contributed by atoms with Gasteiger partial charge in [-0.3, -0.25) is 4.79 Å². The SMILES string of the molecule is O=C(O)c1ccccc1C(=O)NC1CCCS(=O)(=O)C1. The lowest BCUT2D eigenvalue weighted by Crippen LogP contribution is -2.43. The monoisotopic (exact) mass is 297 g/mol. The lowest BCUT2D eigenvalue weighted by molar-refractivity contribution is 0.0690. The predicted octanol–water partition coefficient (Wildman–Crippen LogP) is 0.692. The highest BCUT2D eigenvalue weighted by atomic mass is 32.2. The number of rotatable bonds is 3. The third kappa shape index (κ3) is 3.36. The van der Waals surface area contributed by atoms with Gasteiger partial charge in [-0.15, -0.1) is 0 Å². The first kappa shape index (κ1) is 14.5. The third-order valence-corrected chi connectivity index (χ3v) is 5.02. The van der Waals surface area contributed by atoms with Crippen molar-refractivity contribution < 1.29 is 23.1 Å². The summed E-state index contributed by atoms with van der Waals surface area (Å²) in [5.41, 5.74) is -0.0494. The minimum Gasteiger partial charge on any atom is -0.478 e. The average Bonchev–Trinajstić information content (AvgIpc) is 2.37. The van der Waals surface area contributed by atoms with Crippen molar-refractivity contribution in [3.63, 3.8) is 0 Å². The van der Waals surface area contributed by atoms with Crippen molar-refractivity contribution >= 4 is 21.7 Å². The van der Waals surface area contributed by atoms with Gasteiger partial charge in [0, 0.05) is 6.04 Å². The first-order valence-electron chi connectivity index (χ1n) is 6.23. The van der Waals surface area contributed by atoms with Crippen molar-refractivity contribution in [3.8, 4) is 0 Å². The van der Waals surface area contributed by atoms with Gasteiger partial charge in [-0.25, -0.2) is 13.2 Å². The lowest BCUT2D eigenvalue weighted by atomic mass is 10.1. The average molecular weight is 297 g/mol. The van der Waals surface area contributed by atoms with Crippen LogP contribution < -0.4 is 5.32 Å². The molecule has 2 N–H and O–H groups in total. The lowest BCUT2D eigenvalue weighted by Gasteiger charge is -2.23. The van der Waals surface area contributed by atoms with Crippen LogP contribution in [0.3, 0.4) is 0 Å². The number of hydrogen-bond acceptors (Lipinski definition) is 4. The van der Waals surface area contributed by atoms with Gasteiger partial charge < -0.3 is 10.4 Å². The Morgan fingerprint density at radius 3 is 2.45 bits per heavy atom. The van der Waals surface area contributed by atoms with Gasteiger partial charge in [0.05, 0.1) is 22.6 Å². The van der Waals surface area contributed by atoms with Crippen LogP contribution in [0.2, 0.25) is 0 Å². The zero-order chi connectivity index (χ0) is 14.8. The van der Waals surface area contributed by atoms with E-state index in [0.717, 1.165) is 0 Å². The number of amides is 1. The molecular formula is C13H15NO5S. The molecule has 0 aliphatic carbocycles. The zero-order valence-corrected chi connectivity index (χ0v) is 11.5. The number of carboxylic acid groups (broad SMARTS) is 1. The van der Waals surface area contributed by atoms with E-state index in [9.17, 15) is 18.0 Å². The predicted molar refractivity (Wildman–Crippen MR) is 72.5 cm³/mol. The Balaban J connectivity index is 2.15. The van der Waals surface area contributed by atoms with Crippen LogP contribution in [0.25, 0.3) is 0 Å². The molecule has 1 amide bonds. The van der Waals surface area contributed by atoms with Crippen molar-refractivity contribution in [3.05, 3.63) is 35.4 Å². The highest BCUT2D eigenvalue weighted by molar-refractivity contribution is 7.91. The van der Waals surface area contributed by atoms with Crippen LogP contribution in [-0.4, -0.2) is 42.9 Å². The maximum absolute atomic E-state index is 12.1.